The van der Waals surface area contributed by atoms with Crippen LogP contribution in [-0.2, 0) is 11.3 Å². The van der Waals surface area contributed by atoms with Crippen LogP contribution in [0.2, 0.25) is 0 Å². The lowest BCUT2D eigenvalue weighted by Gasteiger charge is -2.02. The number of nitrogens with zero attached hydrogens (tertiary/aromatic N) is 1. The van der Waals surface area contributed by atoms with Crippen LogP contribution in [0.4, 0.5) is 0 Å². The number of hydrogen-bond acceptors (Lipinski definition) is 4. The molecule has 1 N–H and O–H groups in total. The zero-order valence-electron chi connectivity index (χ0n) is 10.9. The molecule has 1 heterocycles. The second-order valence-electron chi connectivity index (χ2n) is 3.73. The number of benzene rings is 1. The van der Waals surface area contributed by atoms with Gasteiger partial charge in [-0.25, -0.2) is 4.98 Å². The lowest BCUT2D eigenvalue weighted by molar-refractivity contribution is -0.106. The highest BCUT2D eigenvalue weighted by atomic mass is 32.1. The molecule has 0 fully saturated rings. The Morgan fingerprint density at radius 3 is 2.39 bits per heavy atom. The highest BCUT2D eigenvalue weighted by Gasteiger charge is 2.03. The summed E-state index contributed by atoms with van der Waals surface area (Å²) in [5.41, 5.74) is 5.58. The number of thiazole rings is 1. The molecule has 0 atom stereocenters. The SMILES string of the molecule is CC=O.CNCc1ccc(-c2scnc2C)cc1. The minimum atomic E-state index is 0.750. The van der Waals surface area contributed by atoms with Crippen molar-refractivity contribution in [3.63, 3.8) is 0 Å². The van der Waals surface area contributed by atoms with Gasteiger partial charge in [0, 0.05) is 6.54 Å². The van der Waals surface area contributed by atoms with E-state index in [9.17, 15) is 0 Å². The molecule has 96 valence electrons. The van der Waals surface area contributed by atoms with Crippen molar-refractivity contribution in [2.75, 3.05) is 7.05 Å². The van der Waals surface area contributed by atoms with Gasteiger partial charge < -0.3 is 10.1 Å². The van der Waals surface area contributed by atoms with Gasteiger partial charge in [-0.1, -0.05) is 24.3 Å². The summed E-state index contributed by atoms with van der Waals surface area (Å²) in [5, 5.41) is 3.14. The van der Waals surface area contributed by atoms with Crippen molar-refractivity contribution in [1.82, 2.24) is 10.3 Å². The van der Waals surface area contributed by atoms with Gasteiger partial charge in [-0.05, 0) is 32.0 Å². The molecule has 18 heavy (non-hydrogen) atoms. The Morgan fingerprint density at radius 2 is 1.94 bits per heavy atom. The summed E-state index contributed by atoms with van der Waals surface area (Å²) in [6.45, 7) is 4.41. The van der Waals surface area contributed by atoms with Crippen molar-refractivity contribution in [3.05, 3.63) is 41.0 Å². The van der Waals surface area contributed by atoms with Crippen molar-refractivity contribution in [2.45, 2.75) is 20.4 Å². The third-order valence-corrected chi connectivity index (χ3v) is 3.32. The van der Waals surface area contributed by atoms with Crippen LogP contribution in [0.3, 0.4) is 0 Å². The molecule has 0 saturated heterocycles. The van der Waals surface area contributed by atoms with E-state index >= 15 is 0 Å². The summed E-state index contributed by atoms with van der Waals surface area (Å²) in [4.78, 5) is 14.3. The standard InChI is InChI=1S/C12H14N2S.C2H4O/c1-9-12(15-8-14-9)11-5-3-10(4-6-11)7-13-2;1-2-3/h3-6,8,13H,7H2,1-2H3;2H,1H3. The van der Waals surface area contributed by atoms with Crippen molar-refractivity contribution >= 4 is 17.6 Å². The molecule has 3 nitrogen and oxygen atoms in total. The van der Waals surface area contributed by atoms with Crippen LogP contribution in [0.5, 0.6) is 0 Å². The summed E-state index contributed by atoms with van der Waals surface area (Å²) in [6, 6.07) is 8.64. The second kappa shape index (κ2) is 7.74. The number of aromatic nitrogens is 1. The van der Waals surface area contributed by atoms with E-state index in [1.54, 1.807) is 11.3 Å². The van der Waals surface area contributed by atoms with Gasteiger partial charge in [0.25, 0.3) is 0 Å². The Balaban J connectivity index is 0.000000492. The fourth-order valence-electron chi connectivity index (χ4n) is 1.56. The van der Waals surface area contributed by atoms with Gasteiger partial charge in [-0.3, -0.25) is 0 Å². The Kier molecular flexibility index (Phi) is 6.25. The van der Waals surface area contributed by atoms with Crippen molar-refractivity contribution in [2.24, 2.45) is 0 Å². The lowest BCUT2D eigenvalue weighted by Crippen LogP contribution is -2.04. The number of aldehydes is 1. The van der Waals surface area contributed by atoms with Crippen molar-refractivity contribution in [1.29, 1.82) is 0 Å². The van der Waals surface area contributed by atoms with Gasteiger partial charge in [-0.2, -0.15) is 0 Å². The number of carbonyl (C=O) groups excluding carboxylic acids is 1. The first-order valence-corrected chi connectivity index (χ1v) is 6.64. The zero-order valence-corrected chi connectivity index (χ0v) is 11.8. The van der Waals surface area contributed by atoms with E-state index in [0.717, 1.165) is 18.5 Å². The molecule has 0 spiro atoms. The Hall–Kier alpha value is -1.52. The molecule has 0 aliphatic carbocycles. The fraction of sp³-hybridized carbons (Fsp3) is 0.286. The lowest BCUT2D eigenvalue weighted by atomic mass is 10.1. The first kappa shape index (κ1) is 14.5. The molecular formula is C14H18N2OS. The predicted octanol–water partition coefficient (Wildman–Crippen LogP) is 3.04. The second-order valence-corrected chi connectivity index (χ2v) is 4.58. The Morgan fingerprint density at radius 1 is 1.33 bits per heavy atom. The summed E-state index contributed by atoms with van der Waals surface area (Å²) in [5.74, 6) is 0. The topological polar surface area (TPSA) is 42.0 Å². The van der Waals surface area contributed by atoms with Gasteiger partial charge in [-0.15, -0.1) is 11.3 Å². The normalized spacial score (nSPS) is 9.50. The van der Waals surface area contributed by atoms with Crippen LogP contribution in [0.25, 0.3) is 10.4 Å². The van der Waals surface area contributed by atoms with Gasteiger partial charge in [0.15, 0.2) is 0 Å². The molecule has 1 aromatic heterocycles. The van der Waals surface area contributed by atoms with E-state index in [0.29, 0.717) is 0 Å². The van der Waals surface area contributed by atoms with E-state index in [4.69, 9.17) is 4.79 Å². The van der Waals surface area contributed by atoms with E-state index in [2.05, 4.69) is 34.6 Å². The van der Waals surface area contributed by atoms with Crippen LogP contribution >= 0.6 is 11.3 Å². The quantitative estimate of drug-likeness (QED) is 0.864. The molecular weight excluding hydrogens is 244 g/mol. The molecule has 4 heteroatoms. The van der Waals surface area contributed by atoms with Crippen LogP contribution in [0.1, 0.15) is 18.2 Å². The summed E-state index contributed by atoms with van der Waals surface area (Å²) in [7, 11) is 1.96. The smallest absolute Gasteiger partial charge is 0.116 e. The summed E-state index contributed by atoms with van der Waals surface area (Å²) in [6.07, 6.45) is 0.750. The van der Waals surface area contributed by atoms with Crippen molar-refractivity contribution < 1.29 is 4.79 Å². The molecule has 0 aliphatic rings. The number of carbonyl (C=O) groups is 1. The van der Waals surface area contributed by atoms with Gasteiger partial charge in [0.05, 0.1) is 16.1 Å². The first-order chi connectivity index (χ1) is 8.72. The van der Waals surface area contributed by atoms with Crippen molar-refractivity contribution in [3.8, 4) is 10.4 Å². The third-order valence-electron chi connectivity index (χ3n) is 2.34. The number of aryl methyl sites for hydroxylation is 1. The molecule has 0 saturated carbocycles. The maximum atomic E-state index is 8.81. The number of nitrogens with one attached hydrogen (secondary N) is 1. The Bertz CT molecular complexity index is 477. The van der Waals surface area contributed by atoms with Crippen LogP contribution in [0, 0.1) is 6.92 Å². The average molecular weight is 262 g/mol. The zero-order chi connectivity index (χ0) is 13.4. The van der Waals surface area contributed by atoms with E-state index < -0.39 is 0 Å². The van der Waals surface area contributed by atoms with Gasteiger partial charge in [0.1, 0.15) is 6.29 Å². The average Bonchev–Trinajstić information content (AvgIpc) is 2.78. The molecule has 2 rings (SSSR count). The summed E-state index contributed by atoms with van der Waals surface area (Å²) < 4.78 is 0. The maximum Gasteiger partial charge on any atom is 0.116 e. The molecule has 2 aromatic rings. The molecule has 0 bridgehead atoms. The maximum absolute atomic E-state index is 8.81. The highest BCUT2D eigenvalue weighted by Crippen LogP contribution is 2.26. The monoisotopic (exact) mass is 262 g/mol. The molecule has 0 aliphatic heterocycles. The van der Waals surface area contributed by atoms with Gasteiger partial charge >= 0.3 is 0 Å². The highest BCUT2D eigenvalue weighted by molar-refractivity contribution is 7.13. The minimum Gasteiger partial charge on any atom is -0.316 e. The molecule has 0 radical (unpaired) electrons. The summed E-state index contributed by atoms with van der Waals surface area (Å²) >= 11 is 1.70. The van der Waals surface area contributed by atoms with E-state index in [1.165, 1.54) is 22.9 Å². The van der Waals surface area contributed by atoms with Gasteiger partial charge in [0.2, 0.25) is 0 Å². The fourth-order valence-corrected chi connectivity index (χ4v) is 2.37. The molecule has 1 aromatic carbocycles. The number of hydrogen-bond donors (Lipinski definition) is 1. The predicted molar refractivity (Wildman–Crippen MR) is 76.8 cm³/mol. The molecule has 0 unspecified atom stereocenters. The van der Waals surface area contributed by atoms with Crippen LogP contribution < -0.4 is 5.32 Å². The third kappa shape index (κ3) is 4.05. The van der Waals surface area contributed by atoms with Crippen LogP contribution in [-0.4, -0.2) is 18.3 Å². The number of rotatable bonds is 3. The van der Waals surface area contributed by atoms with E-state index in [1.807, 2.05) is 19.5 Å². The first-order valence-electron chi connectivity index (χ1n) is 5.76. The Labute approximate surface area is 112 Å². The largest absolute Gasteiger partial charge is 0.316 e. The van der Waals surface area contributed by atoms with E-state index in [-0.39, 0.29) is 0 Å². The van der Waals surface area contributed by atoms with Crippen LogP contribution in [0.15, 0.2) is 29.8 Å². The molecule has 0 amide bonds. The minimum absolute atomic E-state index is 0.750.